The molecule has 0 radical (unpaired) electrons. The van der Waals surface area contributed by atoms with Gasteiger partial charge >= 0.3 is 0 Å². The number of carbonyl (C=O) groups excluding carboxylic acids is 1. The average molecular weight is 334 g/mol. The Kier molecular flexibility index (Phi) is 3.62. The molecule has 1 atom stereocenters. The third-order valence-corrected chi connectivity index (χ3v) is 4.95. The summed E-state index contributed by atoms with van der Waals surface area (Å²) >= 11 is 5.19. The number of benzene rings is 2. The van der Waals surface area contributed by atoms with Crippen molar-refractivity contribution in [2.24, 2.45) is 0 Å². The first-order chi connectivity index (χ1) is 9.24. The lowest BCUT2D eigenvalue weighted by atomic mass is 10.1. The molecule has 2 nitrogen and oxygen atoms in total. The largest absolute Gasteiger partial charge is 0.351 e. The van der Waals surface area contributed by atoms with Gasteiger partial charge in [-0.15, -0.1) is 11.8 Å². The molecule has 1 heterocycles. The molecule has 1 N–H and O–H groups in total. The second kappa shape index (κ2) is 5.39. The topological polar surface area (TPSA) is 29.1 Å². The number of hydrogen-bond donors (Lipinski definition) is 1. The Morgan fingerprint density at radius 3 is 2.63 bits per heavy atom. The summed E-state index contributed by atoms with van der Waals surface area (Å²) in [5, 5.41) is 3.24. The van der Waals surface area contributed by atoms with Crippen LogP contribution in [0.5, 0.6) is 0 Å². The minimum atomic E-state index is 0.0164. The summed E-state index contributed by atoms with van der Waals surface area (Å²) in [6.45, 7) is 0.653. The smallest absolute Gasteiger partial charge is 0.252 e. The van der Waals surface area contributed by atoms with E-state index in [1.54, 1.807) is 11.8 Å². The number of halogens is 1. The molecule has 0 aliphatic carbocycles. The quantitative estimate of drug-likeness (QED) is 0.853. The fourth-order valence-corrected chi connectivity index (χ4v) is 3.57. The van der Waals surface area contributed by atoms with Gasteiger partial charge in [0.05, 0.1) is 10.8 Å². The van der Waals surface area contributed by atoms with Crippen molar-refractivity contribution in [1.29, 1.82) is 0 Å². The molecule has 0 bridgehead atoms. The maximum Gasteiger partial charge on any atom is 0.252 e. The average Bonchev–Trinajstić information content (AvgIpc) is 2.60. The monoisotopic (exact) mass is 333 g/mol. The van der Waals surface area contributed by atoms with Crippen LogP contribution in [0.2, 0.25) is 0 Å². The molecule has 2 aromatic rings. The summed E-state index contributed by atoms with van der Waals surface area (Å²) < 4.78 is 1.07. The van der Waals surface area contributed by atoms with Gasteiger partial charge in [0.25, 0.3) is 5.91 Å². The molecule has 4 heteroatoms. The van der Waals surface area contributed by atoms with Crippen LogP contribution in [0.1, 0.15) is 21.2 Å². The fourth-order valence-electron chi connectivity index (χ4n) is 2.10. The molecule has 0 saturated carbocycles. The highest BCUT2D eigenvalue weighted by molar-refractivity contribution is 9.10. The van der Waals surface area contributed by atoms with Gasteiger partial charge in [0, 0.05) is 15.9 Å². The van der Waals surface area contributed by atoms with Crippen molar-refractivity contribution in [2.75, 3.05) is 6.54 Å². The van der Waals surface area contributed by atoms with Gasteiger partial charge in [-0.1, -0.05) is 40.2 Å². The van der Waals surface area contributed by atoms with Gasteiger partial charge in [-0.05, 0) is 29.8 Å². The summed E-state index contributed by atoms with van der Waals surface area (Å²) in [5.41, 5.74) is 2.00. The van der Waals surface area contributed by atoms with Gasteiger partial charge in [-0.2, -0.15) is 0 Å². The first-order valence-corrected chi connectivity index (χ1v) is 7.70. The molecule has 0 spiro atoms. The number of fused-ring (bicyclic) bond motifs is 1. The number of amides is 1. The number of thioether (sulfide) groups is 1. The number of rotatable bonds is 1. The van der Waals surface area contributed by atoms with E-state index < -0.39 is 0 Å². The summed E-state index contributed by atoms with van der Waals surface area (Å²) in [6.07, 6.45) is 0. The molecule has 96 valence electrons. The minimum Gasteiger partial charge on any atom is -0.351 e. The Bertz CT molecular complexity index is 612. The van der Waals surface area contributed by atoms with Crippen molar-refractivity contribution in [3.8, 4) is 0 Å². The zero-order chi connectivity index (χ0) is 13.2. The molecular weight excluding hydrogens is 322 g/mol. The zero-order valence-electron chi connectivity index (χ0n) is 10.1. The SMILES string of the molecule is O=C1NCC(c2ccc(Br)cc2)Sc2ccccc21. The molecule has 0 saturated heterocycles. The predicted molar refractivity (Wildman–Crippen MR) is 81.5 cm³/mol. The molecular formula is C15H12BrNOS. The zero-order valence-corrected chi connectivity index (χ0v) is 12.5. The van der Waals surface area contributed by atoms with Crippen molar-refractivity contribution in [1.82, 2.24) is 5.32 Å². The van der Waals surface area contributed by atoms with Gasteiger partial charge in [0.1, 0.15) is 0 Å². The van der Waals surface area contributed by atoms with E-state index in [1.807, 2.05) is 36.4 Å². The summed E-state index contributed by atoms with van der Waals surface area (Å²) in [6, 6.07) is 16.0. The number of carbonyl (C=O) groups is 1. The third-order valence-electron chi connectivity index (χ3n) is 3.09. The van der Waals surface area contributed by atoms with Crippen molar-refractivity contribution in [3.63, 3.8) is 0 Å². The second-order valence-electron chi connectivity index (χ2n) is 4.36. The molecule has 1 unspecified atom stereocenters. The van der Waals surface area contributed by atoms with Crippen LogP contribution in [0, 0.1) is 0 Å². The van der Waals surface area contributed by atoms with E-state index in [2.05, 4.69) is 33.4 Å². The maximum absolute atomic E-state index is 12.0. The van der Waals surface area contributed by atoms with E-state index in [0.717, 1.165) is 14.9 Å². The van der Waals surface area contributed by atoms with Crippen LogP contribution in [-0.4, -0.2) is 12.5 Å². The predicted octanol–water partition coefficient (Wildman–Crippen LogP) is 4.03. The first-order valence-electron chi connectivity index (χ1n) is 6.03. The van der Waals surface area contributed by atoms with Crippen molar-refractivity contribution < 1.29 is 4.79 Å². The molecule has 1 amide bonds. The molecule has 3 rings (SSSR count). The summed E-state index contributed by atoms with van der Waals surface area (Å²) in [5.74, 6) is 0.0164. The molecule has 19 heavy (non-hydrogen) atoms. The Morgan fingerprint density at radius 2 is 1.84 bits per heavy atom. The summed E-state index contributed by atoms with van der Waals surface area (Å²) in [7, 11) is 0. The normalized spacial score (nSPS) is 18.4. The fraction of sp³-hybridized carbons (Fsp3) is 0.133. The standard InChI is InChI=1S/C15H12BrNOS/c16-11-7-5-10(6-8-11)14-9-17-15(18)12-3-1-2-4-13(12)19-14/h1-8,14H,9H2,(H,17,18). The minimum absolute atomic E-state index is 0.0164. The van der Waals surface area contributed by atoms with E-state index in [0.29, 0.717) is 6.54 Å². The van der Waals surface area contributed by atoms with Crippen LogP contribution < -0.4 is 5.32 Å². The van der Waals surface area contributed by atoms with Crippen molar-refractivity contribution in [3.05, 3.63) is 64.1 Å². The van der Waals surface area contributed by atoms with Crippen LogP contribution >= 0.6 is 27.7 Å². The lowest BCUT2D eigenvalue weighted by Crippen LogP contribution is -2.25. The molecule has 0 aromatic heterocycles. The highest BCUT2D eigenvalue weighted by atomic mass is 79.9. The Hall–Kier alpha value is -1.26. The lowest BCUT2D eigenvalue weighted by Gasteiger charge is -2.14. The van der Waals surface area contributed by atoms with E-state index in [4.69, 9.17) is 0 Å². The van der Waals surface area contributed by atoms with Gasteiger partial charge in [0.2, 0.25) is 0 Å². The molecule has 0 fully saturated rings. The maximum atomic E-state index is 12.0. The van der Waals surface area contributed by atoms with E-state index in [1.165, 1.54) is 5.56 Å². The van der Waals surface area contributed by atoms with Gasteiger partial charge < -0.3 is 5.32 Å². The van der Waals surface area contributed by atoms with E-state index in [-0.39, 0.29) is 11.2 Å². The Morgan fingerprint density at radius 1 is 1.11 bits per heavy atom. The third kappa shape index (κ3) is 2.69. The molecule has 1 aliphatic heterocycles. The van der Waals surface area contributed by atoms with Gasteiger partial charge in [-0.25, -0.2) is 0 Å². The van der Waals surface area contributed by atoms with Gasteiger partial charge in [-0.3, -0.25) is 4.79 Å². The highest BCUT2D eigenvalue weighted by Crippen LogP contribution is 2.38. The first kappa shape index (κ1) is 12.8. The molecule has 1 aliphatic rings. The van der Waals surface area contributed by atoms with Crippen molar-refractivity contribution >= 4 is 33.6 Å². The highest BCUT2D eigenvalue weighted by Gasteiger charge is 2.22. The van der Waals surface area contributed by atoms with Crippen LogP contribution in [0.15, 0.2) is 57.9 Å². The molecule has 2 aromatic carbocycles. The second-order valence-corrected chi connectivity index (χ2v) is 6.52. The van der Waals surface area contributed by atoms with E-state index >= 15 is 0 Å². The van der Waals surface area contributed by atoms with Crippen LogP contribution in [-0.2, 0) is 0 Å². The Balaban J connectivity index is 1.94. The van der Waals surface area contributed by atoms with E-state index in [9.17, 15) is 4.79 Å². The van der Waals surface area contributed by atoms with Crippen LogP contribution in [0.3, 0.4) is 0 Å². The summed E-state index contributed by atoms with van der Waals surface area (Å²) in [4.78, 5) is 13.1. The Labute approximate surface area is 124 Å². The number of hydrogen-bond acceptors (Lipinski definition) is 2. The van der Waals surface area contributed by atoms with Crippen molar-refractivity contribution in [2.45, 2.75) is 10.1 Å². The number of nitrogens with one attached hydrogen (secondary N) is 1. The van der Waals surface area contributed by atoms with Gasteiger partial charge in [0.15, 0.2) is 0 Å². The lowest BCUT2D eigenvalue weighted by molar-refractivity contribution is 0.0952. The van der Waals surface area contributed by atoms with Crippen LogP contribution in [0.4, 0.5) is 0 Å². The van der Waals surface area contributed by atoms with Crippen LogP contribution in [0.25, 0.3) is 0 Å².